The molecule has 1 heterocycles. The van der Waals surface area contributed by atoms with Crippen molar-refractivity contribution in [3.8, 4) is 0 Å². The van der Waals surface area contributed by atoms with Crippen molar-refractivity contribution in [1.29, 1.82) is 0 Å². The fourth-order valence-corrected chi connectivity index (χ4v) is 3.78. The lowest BCUT2D eigenvalue weighted by atomic mass is 10.2. The van der Waals surface area contributed by atoms with Crippen LogP contribution in [0.25, 0.3) is 0 Å². The van der Waals surface area contributed by atoms with Gasteiger partial charge in [-0.3, -0.25) is 4.57 Å². The van der Waals surface area contributed by atoms with Crippen LogP contribution in [-0.4, -0.2) is 48.8 Å². The van der Waals surface area contributed by atoms with E-state index in [9.17, 15) is 23.8 Å². The summed E-state index contributed by atoms with van der Waals surface area (Å²) in [6.45, 7) is -0.257. The Hall–Kier alpha value is -2.64. The van der Waals surface area contributed by atoms with Gasteiger partial charge >= 0.3 is 18.0 Å². The van der Waals surface area contributed by atoms with Gasteiger partial charge in [-0.1, -0.05) is 30.3 Å². The van der Waals surface area contributed by atoms with Crippen LogP contribution in [0.3, 0.4) is 0 Å². The lowest BCUT2D eigenvalue weighted by Gasteiger charge is -2.18. The number of methoxy groups -OCH3 is 1. The van der Waals surface area contributed by atoms with E-state index >= 15 is 0 Å². The number of benzene rings is 1. The van der Waals surface area contributed by atoms with Crippen molar-refractivity contribution in [2.24, 2.45) is 0 Å². The Morgan fingerprint density at radius 3 is 2.63 bits per heavy atom. The van der Waals surface area contributed by atoms with E-state index in [1.165, 1.54) is 0 Å². The molecule has 146 valence electrons. The van der Waals surface area contributed by atoms with Crippen LogP contribution in [0, 0.1) is 0 Å². The zero-order valence-corrected chi connectivity index (χ0v) is 15.5. The molecule has 0 fully saturated rings. The molecule has 1 aliphatic heterocycles. The Morgan fingerprint density at radius 1 is 1.33 bits per heavy atom. The van der Waals surface area contributed by atoms with Gasteiger partial charge in [0, 0.05) is 12.2 Å². The molecular weight excluding hydrogens is 377 g/mol. The summed E-state index contributed by atoms with van der Waals surface area (Å²) in [6.07, 6.45) is -0.406. The van der Waals surface area contributed by atoms with Crippen LogP contribution in [0.2, 0.25) is 0 Å². The van der Waals surface area contributed by atoms with Gasteiger partial charge in [0.15, 0.2) is 0 Å². The van der Waals surface area contributed by atoms with Gasteiger partial charge in [0.05, 0.1) is 12.4 Å². The molecule has 2 rings (SSSR count). The monoisotopic (exact) mass is 397 g/mol. The second-order valence-corrected chi connectivity index (χ2v) is 8.16. The Bertz CT molecular complexity index is 776. The third-order valence-electron chi connectivity index (χ3n) is 3.81. The van der Waals surface area contributed by atoms with Crippen LogP contribution >= 0.6 is 7.37 Å². The van der Waals surface area contributed by atoms with Gasteiger partial charge < -0.3 is 24.4 Å². The summed E-state index contributed by atoms with van der Waals surface area (Å²) >= 11 is 0. The Balaban J connectivity index is 1.91. The highest BCUT2D eigenvalue weighted by Gasteiger charge is 2.33. The Morgan fingerprint density at radius 2 is 2.04 bits per heavy atom. The number of carbonyl (C=O) groups is 3. The molecule has 27 heavy (non-hydrogen) atoms. The minimum Gasteiger partial charge on any atom is -0.467 e. The molecule has 0 aromatic heterocycles. The molecule has 1 amide bonds. The normalized spacial score (nSPS) is 16.5. The van der Waals surface area contributed by atoms with Crippen molar-refractivity contribution in [3.05, 3.63) is 47.3 Å². The van der Waals surface area contributed by atoms with Gasteiger partial charge in [0.2, 0.25) is 7.37 Å². The molecule has 0 saturated heterocycles. The van der Waals surface area contributed by atoms with Gasteiger partial charge in [-0.15, -0.1) is 0 Å². The van der Waals surface area contributed by atoms with Crippen molar-refractivity contribution in [2.75, 3.05) is 19.9 Å². The summed E-state index contributed by atoms with van der Waals surface area (Å²) in [7, 11) is -2.74. The lowest BCUT2D eigenvalue weighted by molar-refractivity contribution is -0.143. The smallest absolute Gasteiger partial charge is 0.408 e. The average Bonchev–Trinajstić information content (AvgIpc) is 3.11. The molecule has 10 heteroatoms. The van der Waals surface area contributed by atoms with Crippen molar-refractivity contribution in [3.63, 3.8) is 0 Å². The summed E-state index contributed by atoms with van der Waals surface area (Å²) in [5, 5.41) is 2.30. The maximum atomic E-state index is 12.3. The first-order valence-electron chi connectivity index (χ1n) is 8.06. The van der Waals surface area contributed by atoms with Crippen LogP contribution in [0.1, 0.15) is 12.0 Å². The maximum Gasteiger partial charge on any atom is 0.408 e. The molecule has 0 bridgehead atoms. The number of alkyl carbamates (subject to hydrolysis) is 1. The largest absolute Gasteiger partial charge is 0.467 e. The summed E-state index contributed by atoms with van der Waals surface area (Å²) in [6, 6.07) is 7.77. The highest BCUT2D eigenvalue weighted by atomic mass is 31.2. The first kappa shape index (κ1) is 20.7. The zero-order chi connectivity index (χ0) is 19.9. The van der Waals surface area contributed by atoms with Crippen molar-refractivity contribution in [2.45, 2.75) is 19.1 Å². The van der Waals surface area contributed by atoms with Crippen LogP contribution in [0.4, 0.5) is 4.79 Å². The van der Waals surface area contributed by atoms with Crippen LogP contribution in [0.5, 0.6) is 0 Å². The number of cyclic esters (lactones) is 1. The molecule has 1 aliphatic rings. The van der Waals surface area contributed by atoms with E-state index in [2.05, 4.69) is 14.8 Å². The van der Waals surface area contributed by atoms with Crippen molar-refractivity contribution in [1.82, 2.24) is 5.32 Å². The molecule has 0 radical (unpaired) electrons. The quantitative estimate of drug-likeness (QED) is 0.384. The summed E-state index contributed by atoms with van der Waals surface area (Å²) in [5.74, 6) is -1.47. The van der Waals surface area contributed by atoms with E-state index in [4.69, 9.17) is 4.74 Å². The first-order chi connectivity index (χ1) is 12.8. The van der Waals surface area contributed by atoms with Crippen LogP contribution < -0.4 is 5.32 Å². The number of ether oxygens (including phenoxy) is 3. The average molecular weight is 397 g/mol. The molecule has 1 aromatic rings. The second-order valence-electron chi connectivity index (χ2n) is 5.74. The van der Waals surface area contributed by atoms with Gasteiger partial charge in [0.25, 0.3) is 0 Å². The number of amides is 1. The van der Waals surface area contributed by atoms with Crippen LogP contribution in [-0.2, 0) is 35.0 Å². The molecule has 2 N–H and O–H groups in total. The third-order valence-corrected chi connectivity index (χ3v) is 5.83. The lowest BCUT2D eigenvalue weighted by Crippen LogP contribution is -2.42. The predicted molar refractivity (Wildman–Crippen MR) is 93.9 cm³/mol. The fraction of sp³-hybridized carbons (Fsp3) is 0.353. The Labute approximate surface area is 155 Å². The van der Waals surface area contributed by atoms with Gasteiger partial charge in [0.1, 0.15) is 19.3 Å². The molecule has 9 nitrogen and oxygen atoms in total. The van der Waals surface area contributed by atoms with Crippen molar-refractivity contribution < 1.29 is 38.1 Å². The highest BCUT2D eigenvalue weighted by Crippen LogP contribution is 2.51. The summed E-state index contributed by atoms with van der Waals surface area (Å²) < 4.78 is 26.6. The predicted octanol–water partition coefficient (Wildman–Crippen LogP) is 1.56. The van der Waals surface area contributed by atoms with E-state index in [0.717, 1.165) is 18.7 Å². The Kier molecular flexibility index (Phi) is 7.15. The molecule has 0 aliphatic carbocycles. The maximum absolute atomic E-state index is 12.3. The van der Waals surface area contributed by atoms with Crippen LogP contribution in [0.15, 0.2) is 41.7 Å². The van der Waals surface area contributed by atoms with E-state index in [1.807, 2.05) is 6.07 Å². The molecule has 2 atom stereocenters. The number of hydrogen-bond acceptors (Lipinski definition) is 7. The minimum absolute atomic E-state index is 0.00535. The zero-order valence-electron chi connectivity index (χ0n) is 14.6. The minimum atomic E-state index is -3.87. The number of esters is 2. The van der Waals surface area contributed by atoms with E-state index in [1.54, 1.807) is 24.3 Å². The number of nitrogens with one attached hydrogen (secondary N) is 1. The van der Waals surface area contributed by atoms with E-state index in [-0.39, 0.29) is 31.1 Å². The summed E-state index contributed by atoms with van der Waals surface area (Å²) in [4.78, 5) is 44.9. The number of carbonyl (C=O) groups excluding carboxylic acids is 3. The number of hydrogen-bond donors (Lipinski definition) is 2. The van der Waals surface area contributed by atoms with Gasteiger partial charge in [-0.2, -0.15) is 0 Å². The topological polar surface area (TPSA) is 128 Å². The fourth-order valence-electron chi connectivity index (χ4n) is 2.31. The molecule has 0 spiro atoms. The number of rotatable bonds is 8. The molecular formula is C17H20NO8P. The standard InChI is InChI=1S/C17H20NO8P/c1-24-16(20)14(7-8-27(22,23)13-9-15(19)25-11-13)18-17(21)26-10-12-5-3-2-4-6-12/h2-6,9,14H,7-8,10-11H2,1H3,(H,18,21)(H,22,23)/t14-/m0/s1. The van der Waals surface area contributed by atoms with Gasteiger partial charge in [-0.05, 0) is 12.0 Å². The van der Waals surface area contributed by atoms with E-state index < -0.39 is 31.4 Å². The molecule has 0 saturated carbocycles. The SMILES string of the molecule is COC(=O)[C@H](CCP(=O)(O)C1=CC(=O)OC1)NC(=O)OCc1ccccc1. The molecule has 1 aromatic carbocycles. The van der Waals surface area contributed by atoms with Gasteiger partial charge in [-0.25, -0.2) is 14.4 Å². The molecule has 1 unspecified atom stereocenters. The second kappa shape index (κ2) is 9.34. The van der Waals surface area contributed by atoms with E-state index in [0.29, 0.717) is 0 Å². The first-order valence-corrected chi connectivity index (χ1v) is 9.91. The third kappa shape index (κ3) is 6.23. The summed E-state index contributed by atoms with van der Waals surface area (Å²) in [5.41, 5.74) is 0.764. The highest BCUT2D eigenvalue weighted by molar-refractivity contribution is 7.62. The van der Waals surface area contributed by atoms with Crippen molar-refractivity contribution >= 4 is 25.4 Å².